The van der Waals surface area contributed by atoms with E-state index >= 15 is 0 Å². The van der Waals surface area contributed by atoms with E-state index in [1.165, 1.54) is 58.9 Å². The zero-order chi connectivity index (χ0) is 29.0. The largest absolute Gasteiger partial charge is 0.369 e. The third kappa shape index (κ3) is 6.50. The number of halogens is 1. The maximum atomic E-state index is 13.3. The van der Waals surface area contributed by atoms with Crippen LogP contribution >= 0.6 is 11.8 Å². The molecule has 2 fully saturated rings. The van der Waals surface area contributed by atoms with Gasteiger partial charge in [-0.05, 0) is 65.9 Å². The maximum Gasteiger partial charge on any atom is 0.293 e. The molecule has 0 aliphatic carbocycles. The molecule has 0 saturated carbocycles. The molecule has 2 aliphatic rings. The van der Waals surface area contributed by atoms with Gasteiger partial charge >= 0.3 is 0 Å². The van der Waals surface area contributed by atoms with Crippen molar-refractivity contribution in [1.82, 2.24) is 14.5 Å². The van der Waals surface area contributed by atoms with Gasteiger partial charge in [0.05, 0.1) is 9.80 Å². The third-order valence-corrected chi connectivity index (χ3v) is 9.56. The van der Waals surface area contributed by atoms with Crippen molar-refractivity contribution in [3.05, 3.63) is 101 Å². The minimum absolute atomic E-state index is 0.0148. The smallest absolute Gasteiger partial charge is 0.293 e. The molecule has 12 heteroatoms. The van der Waals surface area contributed by atoms with Gasteiger partial charge in [0, 0.05) is 50.5 Å². The summed E-state index contributed by atoms with van der Waals surface area (Å²) in [6, 6.07) is 21.1. The molecule has 0 radical (unpaired) electrons. The number of nitrogens with zero attached hydrogens (tertiary/aromatic N) is 3. The predicted octanol–water partition coefficient (Wildman–Crippen LogP) is 3.80. The summed E-state index contributed by atoms with van der Waals surface area (Å²) in [6.07, 6.45) is 1.51. The first-order valence-corrected chi connectivity index (χ1v) is 15.2. The number of anilines is 1. The van der Waals surface area contributed by atoms with E-state index in [0.717, 1.165) is 22.3 Å². The Kier molecular flexibility index (Phi) is 8.52. The van der Waals surface area contributed by atoms with E-state index < -0.39 is 32.9 Å². The first-order chi connectivity index (χ1) is 19.7. The van der Waals surface area contributed by atoms with Crippen LogP contribution in [0, 0.1) is 5.82 Å². The normalized spacial score (nSPS) is 17.3. The third-order valence-electron chi connectivity index (χ3n) is 6.76. The van der Waals surface area contributed by atoms with Gasteiger partial charge in [-0.15, -0.1) is 0 Å². The number of thioether (sulfide) groups is 1. The van der Waals surface area contributed by atoms with Gasteiger partial charge in [-0.1, -0.05) is 36.4 Å². The van der Waals surface area contributed by atoms with E-state index in [0.29, 0.717) is 31.7 Å². The summed E-state index contributed by atoms with van der Waals surface area (Å²) in [5.41, 5.74) is 1.77. The number of sulfonamides is 1. The van der Waals surface area contributed by atoms with Gasteiger partial charge in [0.2, 0.25) is 10.0 Å². The molecule has 41 heavy (non-hydrogen) atoms. The number of para-hydroxylation sites is 1. The lowest BCUT2D eigenvalue weighted by molar-refractivity contribution is -0.122. The topological polar surface area (TPSA) is 107 Å². The van der Waals surface area contributed by atoms with Crippen molar-refractivity contribution < 1.29 is 27.2 Å². The number of hydrogen-bond acceptors (Lipinski definition) is 7. The van der Waals surface area contributed by atoms with Gasteiger partial charge in [0.15, 0.2) is 0 Å². The lowest BCUT2D eigenvalue weighted by Gasteiger charge is -2.35. The molecule has 0 spiro atoms. The number of carbonyl (C=O) groups is 3. The second kappa shape index (κ2) is 12.2. The molecule has 3 aromatic rings. The standard InChI is InChI=1S/C29H27FN4O5S2/c30-23-11-9-21(10-12-23)19-26-28(36)34(29(37)40-26)14-13-31-27(35)22-5-4-8-25(20-22)41(38,39)33-17-15-32(16-18-33)24-6-2-1-3-7-24/h1-12,19-20H,13-18H2,(H,31,35). The molecule has 212 valence electrons. The fourth-order valence-electron chi connectivity index (χ4n) is 4.56. The lowest BCUT2D eigenvalue weighted by Crippen LogP contribution is -2.48. The van der Waals surface area contributed by atoms with Gasteiger partial charge in [0.1, 0.15) is 5.82 Å². The number of imide groups is 1. The number of hydrogen-bond donors (Lipinski definition) is 1. The molecule has 1 N–H and O–H groups in total. The van der Waals surface area contributed by atoms with E-state index in [1.54, 1.807) is 0 Å². The summed E-state index contributed by atoms with van der Waals surface area (Å²) in [5.74, 6) is -1.43. The average molecular weight is 595 g/mol. The van der Waals surface area contributed by atoms with Crippen LogP contribution in [0.3, 0.4) is 0 Å². The van der Waals surface area contributed by atoms with Crippen molar-refractivity contribution in [1.29, 1.82) is 0 Å². The number of carbonyl (C=O) groups excluding carboxylic acids is 3. The van der Waals surface area contributed by atoms with E-state index in [1.807, 2.05) is 30.3 Å². The van der Waals surface area contributed by atoms with Gasteiger partial charge < -0.3 is 10.2 Å². The highest BCUT2D eigenvalue weighted by atomic mass is 32.2. The summed E-state index contributed by atoms with van der Waals surface area (Å²) in [6.45, 7) is 1.68. The Morgan fingerprint density at radius 3 is 2.34 bits per heavy atom. The van der Waals surface area contributed by atoms with Crippen molar-refractivity contribution in [3.8, 4) is 0 Å². The lowest BCUT2D eigenvalue weighted by atomic mass is 10.2. The highest BCUT2D eigenvalue weighted by Crippen LogP contribution is 2.32. The molecule has 0 atom stereocenters. The van der Waals surface area contributed by atoms with Crippen molar-refractivity contribution in [2.24, 2.45) is 0 Å². The number of piperazine rings is 1. The van der Waals surface area contributed by atoms with Gasteiger partial charge in [-0.3, -0.25) is 19.3 Å². The van der Waals surface area contributed by atoms with Crippen LogP contribution in [0.25, 0.3) is 6.08 Å². The van der Waals surface area contributed by atoms with Crippen LogP contribution in [0.2, 0.25) is 0 Å². The molecule has 0 bridgehead atoms. The van der Waals surface area contributed by atoms with Crippen molar-refractivity contribution in [2.45, 2.75) is 4.90 Å². The summed E-state index contributed by atoms with van der Waals surface area (Å²) in [5, 5.41) is 2.18. The number of benzene rings is 3. The predicted molar refractivity (Wildman–Crippen MR) is 155 cm³/mol. The Morgan fingerprint density at radius 2 is 1.63 bits per heavy atom. The van der Waals surface area contributed by atoms with Gasteiger partial charge in [0.25, 0.3) is 17.1 Å². The molecule has 5 rings (SSSR count). The monoisotopic (exact) mass is 594 g/mol. The maximum absolute atomic E-state index is 13.3. The van der Waals surface area contributed by atoms with Crippen LogP contribution < -0.4 is 10.2 Å². The quantitative estimate of drug-likeness (QED) is 0.396. The van der Waals surface area contributed by atoms with Crippen LogP contribution in [-0.4, -0.2) is 73.9 Å². The van der Waals surface area contributed by atoms with E-state index in [-0.39, 0.29) is 28.5 Å². The Bertz CT molecular complexity index is 1590. The zero-order valence-electron chi connectivity index (χ0n) is 21.9. The molecule has 3 amide bonds. The van der Waals surface area contributed by atoms with Crippen molar-refractivity contribution in [3.63, 3.8) is 0 Å². The second-order valence-electron chi connectivity index (χ2n) is 9.40. The molecule has 2 heterocycles. The zero-order valence-corrected chi connectivity index (χ0v) is 23.5. The summed E-state index contributed by atoms with van der Waals surface area (Å²) < 4.78 is 41.2. The molecular weight excluding hydrogens is 567 g/mol. The van der Waals surface area contributed by atoms with Crippen LogP contribution in [0.5, 0.6) is 0 Å². The SMILES string of the molecule is O=C(NCCN1C(=O)SC(=Cc2ccc(F)cc2)C1=O)c1cccc(S(=O)(=O)N2CCN(c3ccccc3)CC2)c1. The fourth-order valence-corrected chi connectivity index (χ4v) is 6.89. The van der Waals surface area contributed by atoms with E-state index in [9.17, 15) is 27.2 Å². The molecule has 0 unspecified atom stereocenters. The Balaban J connectivity index is 1.17. The van der Waals surface area contributed by atoms with Crippen LogP contribution in [-0.2, 0) is 14.8 Å². The Morgan fingerprint density at radius 1 is 0.927 bits per heavy atom. The Labute approximate surface area is 241 Å². The average Bonchev–Trinajstić information content (AvgIpc) is 3.26. The number of rotatable bonds is 8. The molecule has 0 aromatic heterocycles. The van der Waals surface area contributed by atoms with Crippen LogP contribution in [0.15, 0.2) is 88.7 Å². The number of amides is 3. The minimum Gasteiger partial charge on any atom is -0.369 e. The van der Waals surface area contributed by atoms with Crippen LogP contribution in [0.1, 0.15) is 15.9 Å². The molecular formula is C29H27FN4O5S2. The molecule has 9 nitrogen and oxygen atoms in total. The molecule has 2 saturated heterocycles. The highest BCUT2D eigenvalue weighted by Gasteiger charge is 2.35. The second-order valence-corrected chi connectivity index (χ2v) is 12.3. The van der Waals surface area contributed by atoms with E-state index in [2.05, 4.69) is 10.2 Å². The fraction of sp³-hybridized carbons (Fsp3) is 0.207. The van der Waals surface area contributed by atoms with Gasteiger partial charge in [-0.2, -0.15) is 4.31 Å². The summed E-state index contributed by atoms with van der Waals surface area (Å²) in [7, 11) is -3.81. The van der Waals surface area contributed by atoms with Crippen molar-refractivity contribution >= 4 is 50.6 Å². The first-order valence-electron chi connectivity index (χ1n) is 12.9. The highest BCUT2D eigenvalue weighted by molar-refractivity contribution is 8.18. The number of nitrogens with one attached hydrogen (secondary N) is 1. The minimum atomic E-state index is -3.81. The van der Waals surface area contributed by atoms with Gasteiger partial charge in [-0.25, -0.2) is 12.8 Å². The first kappa shape index (κ1) is 28.5. The molecule has 3 aromatic carbocycles. The summed E-state index contributed by atoms with van der Waals surface area (Å²) in [4.78, 5) is 41.3. The van der Waals surface area contributed by atoms with E-state index in [4.69, 9.17) is 0 Å². The summed E-state index contributed by atoms with van der Waals surface area (Å²) >= 11 is 0.771. The van der Waals surface area contributed by atoms with Crippen LogP contribution in [0.4, 0.5) is 14.9 Å². The van der Waals surface area contributed by atoms with Crippen molar-refractivity contribution in [2.75, 3.05) is 44.2 Å². The Hall–Kier alpha value is -4.00. The molecule has 2 aliphatic heterocycles.